The molecular weight excluding hydrogens is 499 g/mol. The first-order valence-electron chi connectivity index (χ1n) is 14.2. The number of nitrogens with zero attached hydrogens (tertiary/aromatic N) is 4. The highest BCUT2D eigenvalue weighted by Gasteiger charge is 2.34. The van der Waals surface area contributed by atoms with Crippen molar-refractivity contribution >= 4 is 34.9 Å². The molecule has 38 heavy (non-hydrogen) atoms. The van der Waals surface area contributed by atoms with Gasteiger partial charge in [0.05, 0.1) is 0 Å². The zero-order chi connectivity index (χ0) is 26.5. The van der Waals surface area contributed by atoms with Crippen LogP contribution in [0.25, 0.3) is 0 Å². The number of ether oxygens (including phenoxy) is 1. The fourth-order valence-corrected chi connectivity index (χ4v) is 6.15. The summed E-state index contributed by atoms with van der Waals surface area (Å²) in [7, 11) is 0. The lowest BCUT2D eigenvalue weighted by molar-refractivity contribution is 0.0515. The summed E-state index contributed by atoms with van der Waals surface area (Å²) in [6.45, 7) is 9.63. The van der Waals surface area contributed by atoms with E-state index in [4.69, 9.17) is 26.9 Å². The zero-order valence-electron chi connectivity index (χ0n) is 22.7. The van der Waals surface area contributed by atoms with E-state index in [-0.39, 0.29) is 11.2 Å². The van der Waals surface area contributed by atoms with Crippen LogP contribution < -0.4 is 20.4 Å². The quantitative estimate of drug-likeness (QED) is 0.481. The van der Waals surface area contributed by atoms with Crippen molar-refractivity contribution in [3.8, 4) is 0 Å². The third kappa shape index (κ3) is 6.37. The maximum Gasteiger partial charge on any atom is 0.232 e. The van der Waals surface area contributed by atoms with Crippen LogP contribution in [-0.4, -0.2) is 60.5 Å². The van der Waals surface area contributed by atoms with Crippen molar-refractivity contribution in [2.24, 2.45) is 5.92 Å². The van der Waals surface area contributed by atoms with Gasteiger partial charge in [0, 0.05) is 56.9 Å². The number of halogens is 1. The Bertz CT molecular complexity index is 1080. The molecule has 2 N–H and O–H groups in total. The number of thiocarbonyl (C=S) groups is 1. The van der Waals surface area contributed by atoms with Crippen molar-refractivity contribution in [1.29, 1.82) is 0 Å². The first-order chi connectivity index (χ1) is 18.4. The number of hydrogen-bond donors (Lipinski definition) is 2. The van der Waals surface area contributed by atoms with Gasteiger partial charge in [-0.25, -0.2) is 4.39 Å². The zero-order valence-corrected chi connectivity index (χ0v) is 23.5. The average Bonchev–Trinajstić information content (AvgIpc) is 2.93. The number of benzene rings is 1. The molecule has 1 atom stereocenters. The Balaban J connectivity index is 1.33. The maximum atomic E-state index is 13.6. The van der Waals surface area contributed by atoms with E-state index in [1.54, 1.807) is 0 Å². The van der Waals surface area contributed by atoms with Gasteiger partial charge in [0.2, 0.25) is 5.95 Å². The molecule has 0 amide bonds. The smallest absolute Gasteiger partial charge is 0.232 e. The molecule has 1 aromatic heterocycles. The van der Waals surface area contributed by atoms with Crippen molar-refractivity contribution in [2.75, 3.05) is 54.5 Å². The van der Waals surface area contributed by atoms with Gasteiger partial charge in [0.25, 0.3) is 0 Å². The second-order valence-electron chi connectivity index (χ2n) is 11.3. The van der Waals surface area contributed by atoms with Crippen LogP contribution in [0.5, 0.6) is 0 Å². The van der Waals surface area contributed by atoms with Gasteiger partial charge in [0.15, 0.2) is 5.11 Å². The third-order valence-electron chi connectivity index (χ3n) is 8.62. The van der Waals surface area contributed by atoms with Crippen LogP contribution in [0.4, 0.5) is 22.0 Å². The Kier molecular flexibility index (Phi) is 8.63. The maximum absolute atomic E-state index is 13.6. The number of piperidine rings is 2. The summed E-state index contributed by atoms with van der Waals surface area (Å²) in [6.07, 6.45) is 7.69. The normalized spacial score (nSPS) is 22.2. The molecule has 2 aromatic rings. The van der Waals surface area contributed by atoms with E-state index in [9.17, 15) is 4.39 Å². The molecule has 0 aliphatic carbocycles. The third-order valence-corrected chi connectivity index (χ3v) is 8.87. The fraction of sp³-hybridized carbons (Fsp3) is 0.621. The van der Waals surface area contributed by atoms with Crippen molar-refractivity contribution in [2.45, 2.75) is 70.3 Å². The molecule has 1 aromatic carbocycles. The molecule has 206 valence electrons. The molecule has 0 bridgehead atoms. The van der Waals surface area contributed by atoms with E-state index in [0.29, 0.717) is 36.9 Å². The van der Waals surface area contributed by atoms with Gasteiger partial charge in [0.1, 0.15) is 17.5 Å². The molecule has 9 heteroatoms. The highest BCUT2D eigenvalue weighted by Crippen LogP contribution is 2.35. The van der Waals surface area contributed by atoms with Crippen LogP contribution in [-0.2, 0) is 10.2 Å². The molecule has 3 fully saturated rings. The van der Waals surface area contributed by atoms with Crippen molar-refractivity contribution in [3.05, 3.63) is 41.7 Å². The molecular formula is C29H41FN6OS. The van der Waals surface area contributed by atoms with Gasteiger partial charge in [-0.15, -0.1) is 0 Å². The molecule has 3 saturated heterocycles. The number of aromatic nitrogens is 2. The molecule has 3 aliphatic rings. The van der Waals surface area contributed by atoms with Crippen LogP contribution in [0.2, 0.25) is 0 Å². The van der Waals surface area contributed by atoms with E-state index in [1.165, 1.54) is 44.2 Å². The monoisotopic (exact) mass is 540 g/mol. The highest BCUT2D eigenvalue weighted by atomic mass is 32.1. The van der Waals surface area contributed by atoms with Gasteiger partial charge in [-0.05, 0) is 87.7 Å². The summed E-state index contributed by atoms with van der Waals surface area (Å²) < 4.78 is 19.3. The van der Waals surface area contributed by atoms with E-state index in [1.807, 2.05) is 12.1 Å². The average molecular weight is 541 g/mol. The van der Waals surface area contributed by atoms with Crippen molar-refractivity contribution in [1.82, 2.24) is 15.3 Å². The molecule has 5 rings (SSSR count). The standard InChI is InChI=1S/C29H41FN6OS/c1-21-10-15-35(16-11-21)25-19-26(36-14-4-3-5-22(36)2)33-27(32-25)34-28(38)31-20-29(12-17-37-18-13-29)23-6-8-24(30)9-7-23/h6-9,19,21-22H,3-5,10-18,20H2,1-2H3,(H2,31,32,33,34,38)/t22-/m0/s1. The molecule has 7 nitrogen and oxygen atoms in total. The van der Waals surface area contributed by atoms with Crippen LogP contribution in [0, 0.1) is 11.7 Å². The Labute approximate surface area is 231 Å². The molecule has 0 unspecified atom stereocenters. The predicted molar refractivity (Wildman–Crippen MR) is 156 cm³/mol. The first kappa shape index (κ1) is 27.1. The second kappa shape index (κ2) is 12.1. The lowest BCUT2D eigenvalue weighted by atomic mass is 9.74. The number of anilines is 3. The molecule has 0 spiro atoms. The summed E-state index contributed by atoms with van der Waals surface area (Å²) in [6, 6.07) is 9.45. The van der Waals surface area contributed by atoms with Crippen molar-refractivity contribution in [3.63, 3.8) is 0 Å². The Morgan fingerprint density at radius 2 is 1.74 bits per heavy atom. The predicted octanol–water partition coefficient (Wildman–Crippen LogP) is 5.27. The molecule has 4 heterocycles. The minimum atomic E-state index is -0.222. The fourth-order valence-electron chi connectivity index (χ4n) is 5.99. The van der Waals surface area contributed by atoms with Gasteiger partial charge in [-0.2, -0.15) is 9.97 Å². The molecule has 3 aliphatic heterocycles. The van der Waals surface area contributed by atoms with Gasteiger partial charge >= 0.3 is 0 Å². The second-order valence-corrected chi connectivity index (χ2v) is 11.7. The lowest BCUT2D eigenvalue weighted by Gasteiger charge is -2.38. The van der Waals surface area contributed by atoms with E-state index < -0.39 is 0 Å². The van der Waals surface area contributed by atoms with Crippen LogP contribution >= 0.6 is 12.2 Å². The largest absolute Gasteiger partial charge is 0.381 e. The van der Waals surface area contributed by atoms with E-state index >= 15 is 0 Å². The number of nitrogens with one attached hydrogen (secondary N) is 2. The Morgan fingerprint density at radius 1 is 1.03 bits per heavy atom. The summed E-state index contributed by atoms with van der Waals surface area (Å²) in [4.78, 5) is 14.6. The SMILES string of the molecule is CC1CCN(c2cc(N3CCCC[C@@H]3C)nc(NC(=S)NCC3(c4ccc(F)cc4)CCOCC3)n2)CC1. The number of rotatable bonds is 6. The van der Waals surface area contributed by atoms with Gasteiger partial charge < -0.3 is 25.2 Å². The summed E-state index contributed by atoms with van der Waals surface area (Å²) >= 11 is 5.74. The summed E-state index contributed by atoms with van der Waals surface area (Å²) in [5, 5.41) is 7.23. The minimum Gasteiger partial charge on any atom is -0.381 e. The van der Waals surface area contributed by atoms with Gasteiger partial charge in [-0.3, -0.25) is 0 Å². The van der Waals surface area contributed by atoms with Crippen molar-refractivity contribution < 1.29 is 9.13 Å². The Morgan fingerprint density at radius 3 is 2.45 bits per heavy atom. The summed E-state index contributed by atoms with van der Waals surface area (Å²) in [5.74, 6) is 3.01. The topological polar surface area (TPSA) is 65.5 Å². The Hall–Kier alpha value is -2.52. The molecule has 0 saturated carbocycles. The summed E-state index contributed by atoms with van der Waals surface area (Å²) in [5.41, 5.74) is 0.940. The van der Waals surface area contributed by atoms with Crippen LogP contribution in [0.15, 0.2) is 30.3 Å². The van der Waals surface area contributed by atoms with E-state index in [2.05, 4.69) is 40.3 Å². The molecule has 0 radical (unpaired) electrons. The minimum absolute atomic E-state index is 0.167. The van der Waals surface area contributed by atoms with Gasteiger partial charge in [-0.1, -0.05) is 19.1 Å². The first-order valence-corrected chi connectivity index (χ1v) is 14.6. The van der Waals surface area contributed by atoms with E-state index in [0.717, 1.165) is 55.6 Å². The lowest BCUT2D eigenvalue weighted by Crippen LogP contribution is -2.45. The highest BCUT2D eigenvalue weighted by molar-refractivity contribution is 7.80. The van der Waals surface area contributed by atoms with Crippen LogP contribution in [0.3, 0.4) is 0 Å². The number of hydrogen-bond acceptors (Lipinski definition) is 6. The van der Waals surface area contributed by atoms with Crippen LogP contribution in [0.1, 0.15) is 64.4 Å².